The number of pyridine rings is 1. The summed E-state index contributed by atoms with van der Waals surface area (Å²) in [5, 5.41) is 2.96. The second kappa shape index (κ2) is 4.85. The van der Waals surface area contributed by atoms with Crippen molar-refractivity contribution in [2.24, 2.45) is 0 Å². The van der Waals surface area contributed by atoms with Crippen molar-refractivity contribution < 1.29 is 4.39 Å². The van der Waals surface area contributed by atoms with Crippen molar-refractivity contribution in [2.45, 2.75) is 6.92 Å². The SMILES string of the molecule is CNc1cnc2ccc(-c3cnc(F)cc3C)cc2n1. The summed E-state index contributed by atoms with van der Waals surface area (Å²) in [4.78, 5) is 12.5. The largest absolute Gasteiger partial charge is 0.372 e. The summed E-state index contributed by atoms with van der Waals surface area (Å²) in [6, 6.07) is 7.21. The van der Waals surface area contributed by atoms with Crippen LogP contribution in [0.2, 0.25) is 0 Å². The topological polar surface area (TPSA) is 50.7 Å². The van der Waals surface area contributed by atoms with Crippen molar-refractivity contribution in [3.8, 4) is 11.1 Å². The molecule has 0 saturated carbocycles. The van der Waals surface area contributed by atoms with E-state index in [9.17, 15) is 4.39 Å². The Morgan fingerprint density at radius 2 is 1.90 bits per heavy atom. The first-order valence-electron chi connectivity index (χ1n) is 6.24. The van der Waals surface area contributed by atoms with Gasteiger partial charge in [0.1, 0.15) is 5.82 Å². The molecule has 0 fully saturated rings. The number of fused-ring (bicyclic) bond motifs is 1. The van der Waals surface area contributed by atoms with Crippen molar-refractivity contribution in [1.29, 1.82) is 0 Å². The molecule has 0 bridgehead atoms. The zero-order chi connectivity index (χ0) is 14.1. The minimum absolute atomic E-state index is 0.468. The van der Waals surface area contributed by atoms with E-state index in [1.54, 1.807) is 19.4 Å². The molecule has 0 unspecified atom stereocenters. The number of anilines is 1. The highest BCUT2D eigenvalue weighted by Crippen LogP contribution is 2.25. The van der Waals surface area contributed by atoms with E-state index in [4.69, 9.17) is 0 Å². The van der Waals surface area contributed by atoms with Crippen LogP contribution in [0.3, 0.4) is 0 Å². The summed E-state index contributed by atoms with van der Waals surface area (Å²) in [7, 11) is 1.80. The minimum atomic E-state index is -0.468. The second-order valence-electron chi connectivity index (χ2n) is 4.53. The standard InChI is InChI=1S/C15H13FN4/c1-9-5-14(16)19-7-11(9)10-3-4-12-13(6-10)20-15(17-2)8-18-12/h3-8H,1-2H3,(H,17,20). The zero-order valence-corrected chi connectivity index (χ0v) is 11.2. The first-order chi connectivity index (χ1) is 9.67. The molecule has 0 aliphatic rings. The molecule has 0 aliphatic carbocycles. The third-order valence-electron chi connectivity index (χ3n) is 3.19. The van der Waals surface area contributed by atoms with Gasteiger partial charge in [-0.2, -0.15) is 4.39 Å². The summed E-state index contributed by atoms with van der Waals surface area (Å²) in [5.74, 6) is 0.243. The number of halogens is 1. The average molecular weight is 268 g/mol. The summed E-state index contributed by atoms with van der Waals surface area (Å²) in [5.41, 5.74) is 4.29. The number of hydrogen-bond donors (Lipinski definition) is 1. The normalized spacial score (nSPS) is 10.8. The van der Waals surface area contributed by atoms with Crippen molar-refractivity contribution in [3.05, 3.63) is 48.2 Å². The molecule has 5 heteroatoms. The maximum atomic E-state index is 13.1. The van der Waals surface area contributed by atoms with Crippen LogP contribution in [-0.4, -0.2) is 22.0 Å². The average Bonchev–Trinajstić information content (AvgIpc) is 2.46. The number of aromatic nitrogens is 3. The highest BCUT2D eigenvalue weighted by atomic mass is 19.1. The fraction of sp³-hybridized carbons (Fsp3) is 0.133. The molecule has 0 atom stereocenters. The number of nitrogens with one attached hydrogen (secondary N) is 1. The fourth-order valence-electron chi connectivity index (χ4n) is 2.12. The van der Waals surface area contributed by atoms with Crippen LogP contribution in [0, 0.1) is 12.9 Å². The quantitative estimate of drug-likeness (QED) is 0.725. The van der Waals surface area contributed by atoms with Crippen LogP contribution in [0.5, 0.6) is 0 Å². The lowest BCUT2D eigenvalue weighted by Gasteiger charge is -2.07. The van der Waals surface area contributed by atoms with E-state index in [1.807, 2.05) is 25.1 Å². The predicted octanol–water partition coefficient (Wildman–Crippen LogP) is 3.18. The number of hydrogen-bond acceptors (Lipinski definition) is 4. The molecule has 2 aromatic heterocycles. The number of benzene rings is 1. The van der Waals surface area contributed by atoms with E-state index in [1.165, 1.54) is 6.07 Å². The molecule has 0 aliphatic heterocycles. The molecule has 0 radical (unpaired) electrons. The molecule has 0 amide bonds. The lowest BCUT2D eigenvalue weighted by Crippen LogP contribution is -1.95. The van der Waals surface area contributed by atoms with Gasteiger partial charge in [0, 0.05) is 18.8 Å². The van der Waals surface area contributed by atoms with Gasteiger partial charge < -0.3 is 5.32 Å². The number of nitrogens with zero attached hydrogens (tertiary/aromatic N) is 3. The highest BCUT2D eigenvalue weighted by molar-refractivity contribution is 5.82. The van der Waals surface area contributed by atoms with Crippen LogP contribution in [0.25, 0.3) is 22.2 Å². The van der Waals surface area contributed by atoms with Crippen LogP contribution in [0.15, 0.2) is 36.7 Å². The second-order valence-corrected chi connectivity index (χ2v) is 4.53. The van der Waals surface area contributed by atoms with E-state index in [2.05, 4.69) is 20.3 Å². The van der Waals surface area contributed by atoms with Crippen LogP contribution in [-0.2, 0) is 0 Å². The predicted molar refractivity (Wildman–Crippen MR) is 77.0 cm³/mol. The van der Waals surface area contributed by atoms with Gasteiger partial charge in [-0.3, -0.25) is 4.98 Å². The molecule has 100 valence electrons. The smallest absolute Gasteiger partial charge is 0.213 e. The molecule has 3 aromatic rings. The van der Waals surface area contributed by atoms with Gasteiger partial charge >= 0.3 is 0 Å². The van der Waals surface area contributed by atoms with Crippen molar-refractivity contribution in [2.75, 3.05) is 12.4 Å². The molecule has 20 heavy (non-hydrogen) atoms. The van der Waals surface area contributed by atoms with Crippen LogP contribution in [0.4, 0.5) is 10.2 Å². The Labute approximate surface area is 115 Å². The summed E-state index contributed by atoms with van der Waals surface area (Å²) < 4.78 is 13.1. The molecule has 4 nitrogen and oxygen atoms in total. The molecule has 3 rings (SSSR count). The maximum absolute atomic E-state index is 13.1. The van der Waals surface area contributed by atoms with Gasteiger partial charge in [-0.15, -0.1) is 0 Å². The lowest BCUT2D eigenvalue weighted by atomic mass is 10.0. The fourth-order valence-corrected chi connectivity index (χ4v) is 2.12. The summed E-state index contributed by atoms with van der Waals surface area (Å²) in [6.07, 6.45) is 3.23. The Morgan fingerprint density at radius 1 is 1.05 bits per heavy atom. The van der Waals surface area contributed by atoms with E-state index in [0.29, 0.717) is 5.82 Å². The van der Waals surface area contributed by atoms with E-state index in [-0.39, 0.29) is 0 Å². The minimum Gasteiger partial charge on any atom is -0.372 e. The number of rotatable bonds is 2. The highest BCUT2D eigenvalue weighted by Gasteiger charge is 2.06. The van der Waals surface area contributed by atoms with Gasteiger partial charge in [0.25, 0.3) is 0 Å². The molecule has 2 heterocycles. The van der Waals surface area contributed by atoms with E-state index in [0.717, 1.165) is 27.7 Å². The van der Waals surface area contributed by atoms with Gasteiger partial charge in [0.2, 0.25) is 5.95 Å². The van der Waals surface area contributed by atoms with Gasteiger partial charge in [0.15, 0.2) is 0 Å². The van der Waals surface area contributed by atoms with Gasteiger partial charge in [-0.05, 0) is 36.2 Å². The molecule has 1 N–H and O–H groups in total. The van der Waals surface area contributed by atoms with E-state index >= 15 is 0 Å². The van der Waals surface area contributed by atoms with Crippen LogP contribution >= 0.6 is 0 Å². The molecular formula is C15H13FN4. The molecule has 0 saturated heterocycles. The first kappa shape index (κ1) is 12.5. The Bertz CT molecular complexity index is 786. The monoisotopic (exact) mass is 268 g/mol. The third kappa shape index (κ3) is 2.18. The first-order valence-corrected chi connectivity index (χ1v) is 6.24. The molecule has 1 aromatic carbocycles. The Hall–Kier alpha value is -2.56. The number of aryl methyl sites for hydroxylation is 1. The van der Waals surface area contributed by atoms with Crippen LogP contribution in [0.1, 0.15) is 5.56 Å². The van der Waals surface area contributed by atoms with E-state index < -0.39 is 5.95 Å². The van der Waals surface area contributed by atoms with Gasteiger partial charge in [-0.25, -0.2) is 9.97 Å². The molecule has 0 spiro atoms. The Morgan fingerprint density at radius 3 is 2.65 bits per heavy atom. The summed E-state index contributed by atoms with van der Waals surface area (Å²) in [6.45, 7) is 1.86. The Kier molecular flexibility index (Phi) is 3.02. The zero-order valence-electron chi connectivity index (χ0n) is 11.2. The Balaban J connectivity index is 2.16. The summed E-state index contributed by atoms with van der Waals surface area (Å²) >= 11 is 0. The van der Waals surface area contributed by atoms with Gasteiger partial charge in [-0.1, -0.05) is 6.07 Å². The van der Waals surface area contributed by atoms with Crippen LogP contribution < -0.4 is 5.32 Å². The van der Waals surface area contributed by atoms with Gasteiger partial charge in [0.05, 0.1) is 17.2 Å². The van der Waals surface area contributed by atoms with Crippen molar-refractivity contribution in [1.82, 2.24) is 15.0 Å². The lowest BCUT2D eigenvalue weighted by molar-refractivity contribution is 0.583. The maximum Gasteiger partial charge on any atom is 0.213 e. The third-order valence-corrected chi connectivity index (χ3v) is 3.19. The van der Waals surface area contributed by atoms with Crippen molar-refractivity contribution in [3.63, 3.8) is 0 Å². The molecular weight excluding hydrogens is 255 g/mol. The van der Waals surface area contributed by atoms with Crippen molar-refractivity contribution >= 4 is 16.9 Å².